The third kappa shape index (κ3) is 5.70. The maximum absolute atomic E-state index is 12.8. The van der Waals surface area contributed by atoms with E-state index in [1.54, 1.807) is 31.4 Å². The number of rotatable bonds is 6. The number of carbonyl (C=O) groups is 2. The summed E-state index contributed by atoms with van der Waals surface area (Å²) in [6, 6.07) is 22.8. The van der Waals surface area contributed by atoms with E-state index in [1.165, 1.54) is 17.3 Å². The van der Waals surface area contributed by atoms with Gasteiger partial charge in [0, 0.05) is 23.6 Å². The molecule has 3 aromatic carbocycles. The molecular weight excluding hydrogens is 508 g/mol. The summed E-state index contributed by atoms with van der Waals surface area (Å²) in [7, 11) is 1.63. The Morgan fingerprint density at radius 2 is 1.89 bits per heavy atom. The Balaban J connectivity index is 1.35. The molecule has 188 valence electrons. The van der Waals surface area contributed by atoms with E-state index in [2.05, 4.69) is 34.6 Å². The lowest BCUT2D eigenvalue weighted by atomic mass is 9.98. The summed E-state index contributed by atoms with van der Waals surface area (Å²) in [5, 5.41) is 9.91. The number of nitrogens with zero attached hydrogens (tertiary/aromatic N) is 3. The summed E-state index contributed by atoms with van der Waals surface area (Å²) in [6.07, 6.45) is 0.654. The van der Waals surface area contributed by atoms with Gasteiger partial charge in [0.15, 0.2) is 5.17 Å². The van der Waals surface area contributed by atoms with Gasteiger partial charge >= 0.3 is 0 Å². The average Bonchev–Trinajstić information content (AvgIpc) is 3.48. The fourth-order valence-electron chi connectivity index (χ4n) is 4.24. The van der Waals surface area contributed by atoms with Crippen LogP contribution in [0.25, 0.3) is 0 Å². The zero-order valence-electron chi connectivity index (χ0n) is 20.3. The van der Waals surface area contributed by atoms with E-state index in [4.69, 9.17) is 21.4 Å². The van der Waals surface area contributed by atoms with Crippen LogP contribution in [0, 0.1) is 6.92 Å². The minimum absolute atomic E-state index is 0.00140. The van der Waals surface area contributed by atoms with Crippen molar-refractivity contribution in [3.63, 3.8) is 0 Å². The number of aryl methyl sites for hydroxylation is 1. The summed E-state index contributed by atoms with van der Waals surface area (Å²) < 4.78 is 5.31. The molecule has 2 aliphatic rings. The highest BCUT2D eigenvalue weighted by Gasteiger charge is 2.39. The number of carbonyl (C=O) groups excluding carboxylic acids is 2. The maximum Gasteiger partial charge on any atom is 0.262 e. The number of halogens is 1. The molecule has 3 aromatic rings. The molecule has 0 aliphatic carbocycles. The largest absolute Gasteiger partial charge is 0.497 e. The number of hydrogen-bond donors (Lipinski definition) is 1. The molecule has 2 heterocycles. The van der Waals surface area contributed by atoms with Gasteiger partial charge in [-0.25, -0.2) is 5.01 Å². The average molecular weight is 533 g/mol. The standard InChI is InChI=1S/C28H25ClN4O3S/c1-17-6-8-18(9-7-17)23-15-24(19-10-12-22(36-2)13-11-19)33(32-23)28-31-27(35)25(37-28)16-26(34)30-21-5-3-4-20(29)14-21/h3-14,24-25H,15-16H2,1-2H3,(H,30,34). The molecular formula is C28H25ClN4O3S. The van der Waals surface area contributed by atoms with Crippen LogP contribution in [0.4, 0.5) is 5.69 Å². The fourth-order valence-corrected chi connectivity index (χ4v) is 5.50. The van der Waals surface area contributed by atoms with Gasteiger partial charge in [0.2, 0.25) is 5.91 Å². The first-order valence-electron chi connectivity index (χ1n) is 11.8. The number of aliphatic imine (C=N–C) groups is 1. The van der Waals surface area contributed by atoms with Crippen LogP contribution in [0.2, 0.25) is 5.02 Å². The molecule has 0 saturated carbocycles. The Labute approximate surface area is 224 Å². The Morgan fingerprint density at radius 3 is 2.59 bits per heavy atom. The summed E-state index contributed by atoms with van der Waals surface area (Å²) in [4.78, 5) is 29.7. The first-order valence-corrected chi connectivity index (χ1v) is 13.1. The van der Waals surface area contributed by atoms with E-state index in [0.29, 0.717) is 22.3 Å². The molecule has 5 rings (SSSR count). The number of thioether (sulfide) groups is 1. The Bertz CT molecular complexity index is 1390. The molecule has 0 radical (unpaired) electrons. The third-order valence-electron chi connectivity index (χ3n) is 6.20. The van der Waals surface area contributed by atoms with E-state index in [9.17, 15) is 9.59 Å². The van der Waals surface area contributed by atoms with Gasteiger partial charge in [-0.2, -0.15) is 10.1 Å². The molecule has 0 spiro atoms. The van der Waals surface area contributed by atoms with E-state index >= 15 is 0 Å². The zero-order valence-corrected chi connectivity index (χ0v) is 21.9. The minimum Gasteiger partial charge on any atom is -0.497 e. The van der Waals surface area contributed by atoms with Crippen molar-refractivity contribution in [2.45, 2.75) is 31.1 Å². The van der Waals surface area contributed by atoms with Gasteiger partial charge < -0.3 is 10.1 Å². The van der Waals surface area contributed by atoms with Gasteiger partial charge in [-0.15, -0.1) is 0 Å². The van der Waals surface area contributed by atoms with Gasteiger partial charge in [-0.05, 0) is 48.4 Å². The van der Waals surface area contributed by atoms with Crippen molar-refractivity contribution >= 4 is 51.7 Å². The van der Waals surface area contributed by atoms with Crippen molar-refractivity contribution in [1.82, 2.24) is 5.01 Å². The molecule has 1 N–H and O–H groups in total. The number of hydrogen-bond acceptors (Lipinski definition) is 6. The second-order valence-corrected chi connectivity index (χ2v) is 10.5. The van der Waals surface area contributed by atoms with Crippen LogP contribution in [0.15, 0.2) is 82.9 Å². The summed E-state index contributed by atoms with van der Waals surface area (Å²) in [6.45, 7) is 2.05. The van der Waals surface area contributed by atoms with E-state index < -0.39 is 5.25 Å². The topological polar surface area (TPSA) is 83.4 Å². The highest BCUT2D eigenvalue weighted by molar-refractivity contribution is 8.15. The second kappa shape index (κ2) is 10.8. The summed E-state index contributed by atoms with van der Waals surface area (Å²) >= 11 is 7.28. The lowest BCUT2D eigenvalue weighted by Crippen LogP contribution is -2.25. The normalized spacial score (nSPS) is 19.0. The number of hydrazone groups is 1. The van der Waals surface area contributed by atoms with Gasteiger partial charge in [0.25, 0.3) is 5.91 Å². The Morgan fingerprint density at radius 1 is 1.14 bits per heavy atom. The number of ether oxygens (including phenoxy) is 1. The molecule has 2 aliphatic heterocycles. The highest BCUT2D eigenvalue weighted by Crippen LogP contribution is 2.39. The van der Waals surface area contributed by atoms with Crippen molar-refractivity contribution < 1.29 is 14.3 Å². The Kier molecular flexibility index (Phi) is 7.30. The first-order chi connectivity index (χ1) is 17.9. The Hall–Kier alpha value is -3.62. The molecule has 0 aromatic heterocycles. The van der Waals surface area contributed by atoms with Crippen molar-refractivity contribution in [3.8, 4) is 5.75 Å². The SMILES string of the molecule is COc1ccc(C2CC(c3ccc(C)cc3)=NN2C2=NC(=O)C(CC(=O)Nc3cccc(Cl)c3)S2)cc1. The molecule has 9 heteroatoms. The van der Waals surface area contributed by atoms with Crippen LogP contribution >= 0.6 is 23.4 Å². The molecule has 7 nitrogen and oxygen atoms in total. The van der Waals surface area contributed by atoms with Crippen molar-refractivity contribution in [2.24, 2.45) is 10.1 Å². The van der Waals surface area contributed by atoms with Crippen molar-refractivity contribution in [2.75, 3.05) is 12.4 Å². The van der Waals surface area contributed by atoms with Crippen molar-refractivity contribution in [1.29, 1.82) is 0 Å². The fraction of sp³-hybridized carbons (Fsp3) is 0.214. The van der Waals surface area contributed by atoms with E-state index in [0.717, 1.165) is 22.6 Å². The quantitative estimate of drug-likeness (QED) is 0.431. The number of benzene rings is 3. The van der Waals surface area contributed by atoms with Gasteiger partial charge in [0.1, 0.15) is 11.0 Å². The highest BCUT2D eigenvalue weighted by atomic mass is 35.5. The summed E-state index contributed by atoms with van der Waals surface area (Å²) in [5.41, 5.74) is 4.73. The van der Waals surface area contributed by atoms with Crippen LogP contribution < -0.4 is 10.1 Å². The molecule has 0 saturated heterocycles. The smallest absolute Gasteiger partial charge is 0.262 e. The van der Waals surface area contributed by atoms with E-state index in [1.807, 2.05) is 36.2 Å². The molecule has 2 unspecified atom stereocenters. The third-order valence-corrected chi connectivity index (χ3v) is 7.58. The second-order valence-electron chi connectivity index (χ2n) is 8.85. The van der Waals surface area contributed by atoms with Crippen LogP contribution in [0.3, 0.4) is 0 Å². The number of nitrogens with one attached hydrogen (secondary N) is 1. The molecule has 2 atom stereocenters. The van der Waals surface area contributed by atoms with Crippen LogP contribution in [-0.4, -0.2) is 40.1 Å². The molecule has 37 heavy (non-hydrogen) atoms. The predicted molar refractivity (Wildman–Crippen MR) is 148 cm³/mol. The molecule has 0 fully saturated rings. The predicted octanol–water partition coefficient (Wildman–Crippen LogP) is 5.83. The monoisotopic (exact) mass is 532 g/mol. The molecule has 2 amide bonds. The van der Waals surface area contributed by atoms with Gasteiger partial charge in [-0.3, -0.25) is 9.59 Å². The summed E-state index contributed by atoms with van der Waals surface area (Å²) in [5.74, 6) is 0.150. The number of methoxy groups -OCH3 is 1. The molecule has 0 bridgehead atoms. The maximum atomic E-state index is 12.8. The minimum atomic E-state index is -0.621. The van der Waals surface area contributed by atoms with Crippen LogP contribution in [-0.2, 0) is 9.59 Å². The number of amides is 2. The first kappa shape index (κ1) is 25.0. The van der Waals surface area contributed by atoms with E-state index in [-0.39, 0.29) is 24.3 Å². The van der Waals surface area contributed by atoms with Crippen LogP contribution in [0.1, 0.15) is 35.6 Å². The zero-order chi connectivity index (χ0) is 25.9. The number of anilines is 1. The lowest BCUT2D eigenvalue weighted by molar-refractivity contribution is -0.121. The van der Waals surface area contributed by atoms with Crippen molar-refractivity contribution in [3.05, 3.63) is 94.5 Å². The van der Waals surface area contributed by atoms with Crippen LogP contribution in [0.5, 0.6) is 5.75 Å². The van der Waals surface area contributed by atoms with Gasteiger partial charge in [-0.1, -0.05) is 71.4 Å². The lowest BCUT2D eigenvalue weighted by Gasteiger charge is -2.23. The number of amidine groups is 1. The van der Waals surface area contributed by atoms with Gasteiger partial charge in [0.05, 0.1) is 18.9 Å².